The smallest absolute Gasteiger partial charge is 0.309 e. The van der Waals surface area contributed by atoms with Gasteiger partial charge in [-0.1, -0.05) is 20.8 Å². The summed E-state index contributed by atoms with van der Waals surface area (Å²) in [5.41, 5.74) is -4.08. The Balaban J connectivity index is 1.24. The number of esters is 3. The first kappa shape index (κ1) is 28.7. The zero-order valence-electron chi connectivity index (χ0n) is 25.1. The number of ether oxygens (including phenoxy) is 5. The quantitative estimate of drug-likeness (QED) is 0.364. The molecule has 0 aromatic heterocycles. The van der Waals surface area contributed by atoms with E-state index in [4.69, 9.17) is 23.7 Å². The van der Waals surface area contributed by atoms with E-state index in [2.05, 4.69) is 0 Å². The van der Waals surface area contributed by atoms with Gasteiger partial charge in [0.1, 0.15) is 30.0 Å². The average Bonchev–Trinajstić information content (AvgIpc) is 2.99. The van der Waals surface area contributed by atoms with Crippen LogP contribution in [0.3, 0.4) is 0 Å². The van der Waals surface area contributed by atoms with E-state index < -0.39 is 82.0 Å². The molecule has 0 aromatic rings. The molecule has 42 heavy (non-hydrogen) atoms. The van der Waals surface area contributed by atoms with E-state index in [1.54, 1.807) is 6.92 Å². The van der Waals surface area contributed by atoms with Gasteiger partial charge < -0.3 is 33.9 Å². The number of ketones is 1. The van der Waals surface area contributed by atoms with Gasteiger partial charge in [0.25, 0.3) is 0 Å². The predicted octanol–water partition coefficient (Wildman–Crippen LogP) is 1.83. The number of carbonyl (C=O) groups is 4. The SMILES string of the molecule is CC(=O)O[C@@H]([C@@H](C)[C@@H]1[C@H]2[C@]1(C)CC[C@@]13O[C@]2(O)C(=O)[C@@H]1CC[C@H]1C(C)(C)O[C@@H]2CC(=O)O[C@@]21[C@@H]3O)[C@@H]1C[C@@H](C)C(=O)O1. The zero-order valence-corrected chi connectivity index (χ0v) is 25.1. The highest BCUT2D eigenvalue weighted by atomic mass is 16.7. The second kappa shape index (κ2) is 8.55. The molecule has 11 nitrogen and oxygen atoms in total. The standard InChI is InChI=1S/C31H42O11/c1-13-11-17(39-25(13)35)22(38-15(3)32)14(2)21-23-28(21,6)9-10-29-16(24(34)31(23,37)42-29)7-8-18-27(4,5)40-19-12-20(33)41-30(18,19)26(29)36/h13-14,16-19,21-23,26,36-37H,7-12H2,1-6H3/t13-,14+,16+,17+,18+,19-,21-,22+,23+,26-,28-,29-,30-,31+/m1/s1. The fourth-order valence-electron chi connectivity index (χ4n) is 10.7. The van der Waals surface area contributed by atoms with Crippen molar-refractivity contribution in [2.45, 2.75) is 127 Å². The highest BCUT2D eigenvalue weighted by molar-refractivity contribution is 5.92. The minimum absolute atomic E-state index is 0.0117. The Labute approximate surface area is 244 Å². The molecule has 0 unspecified atom stereocenters. The Kier molecular flexibility index (Phi) is 5.84. The Morgan fingerprint density at radius 2 is 1.83 bits per heavy atom. The third-order valence-corrected chi connectivity index (χ3v) is 12.4. The van der Waals surface area contributed by atoms with E-state index >= 15 is 0 Å². The van der Waals surface area contributed by atoms with Crippen LogP contribution in [0.25, 0.3) is 0 Å². The molecule has 5 heterocycles. The van der Waals surface area contributed by atoms with Crippen LogP contribution in [0.4, 0.5) is 0 Å². The van der Waals surface area contributed by atoms with Gasteiger partial charge in [-0.05, 0) is 50.9 Å². The normalized spacial score (nSPS) is 53.0. The lowest BCUT2D eigenvalue weighted by molar-refractivity contribution is -0.276. The largest absolute Gasteiger partial charge is 0.458 e. The van der Waals surface area contributed by atoms with Crippen molar-refractivity contribution in [1.29, 1.82) is 0 Å². The molecule has 2 aliphatic carbocycles. The number of rotatable bonds is 4. The summed E-state index contributed by atoms with van der Waals surface area (Å²) in [5, 5.41) is 24.5. The minimum atomic E-state index is -2.17. The van der Waals surface area contributed by atoms with Crippen LogP contribution in [-0.2, 0) is 42.9 Å². The highest BCUT2D eigenvalue weighted by Crippen LogP contribution is 2.76. The van der Waals surface area contributed by atoms with Gasteiger partial charge in [-0.2, -0.15) is 0 Å². The summed E-state index contributed by atoms with van der Waals surface area (Å²) >= 11 is 0. The number of fused-ring (bicyclic) bond motifs is 3. The summed E-state index contributed by atoms with van der Waals surface area (Å²) < 4.78 is 30.2. The first-order valence-electron chi connectivity index (χ1n) is 15.4. The van der Waals surface area contributed by atoms with Crippen LogP contribution in [0.15, 0.2) is 0 Å². The summed E-state index contributed by atoms with van der Waals surface area (Å²) in [7, 11) is 0. The zero-order chi connectivity index (χ0) is 30.4. The third-order valence-electron chi connectivity index (χ3n) is 12.4. The number of aliphatic hydroxyl groups is 2. The van der Waals surface area contributed by atoms with Crippen LogP contribution in [0, 0.1) is 40.9 Å². The lowest BCUT2D eigenvalue weighted by Gasteiger charge is -2.45. The van der Waals surface area contributed by atoms with E-state index in [9.17, 15) is 29.4 Å². The van der Waals surface area contributed by atoms with Crippen LogP contribution >= 0.6 is 0 Å². The molecule has 2 spiro atoms. The predicted molar refractivity (Wildman–Crippen MR) is 141 cm³/mol. The van der Waals surface area contributed by atoms with Crippen molar-refractivity contribution in [3.05, 3.63) is 0 Å². The second-order valence-electron chi connectivity index (χ2n) is 15.0. The molecule has 5 saturated heterocycles. The summed E-state index contributed by atoms with van der Waals surface area (Å²) in [6, 6.07) is 0. The Bertz CT molecular complexity index is 1260. The number of hydrogen-bond donors (Lipinski definition) is 2. The fourth-order valence-corrected chi connectivity index (χ4v) is 10.7. The van der Waals surface area contributed by atoms with Gasteiger partial charge in [0, 0.05) is 31.1 Å². The molecular formula is C31H42O11. The molecule has 7 aliphatic rings. The van der Waals surface area contributed by atoms with E-state index in [0.717, 1.165) is 0 Å². The topological polar surface area (TPSA) is 155 Å². The van der Waals surface area contributed by atoms with Gasteiger partial charge in [-0.3, -0.25) is 19.2 Å². The third kappa shape index (κ3) is 3.37. The maximum absolute atomic E-state index is 14.3. The van der Waals surface area contributed by atoms with Gasteiger partial charge >= 0.3 is 17.9 Å². The van der Waals surface area contributed by atoms with Gasteiger partial charge in [0.05, 0.1) is 23.9 Å². The lowest BCUT2D eigenvalue weighted by Crippen LogP contribution is -2.63. The molecule has 7 fully saturated rings. The van der Waals surface area contributed by atoms with Gasteiger partial charge in [0.2, 0.25) is 5.79 Å². The summed E-state index contributed by atoms with van der Waals surface area (Å²) in [6.45, 7) is 10.8. The van der Waals surface area contributed by atoms with Crippen molar-refractivity contribution < 1.29 is 53.1 Å². The molecule has 7 rings (SSSR count). The van der Waals surface area contributed by atoms with Crippen molar-refractivity contribution >= 4 is 23.7 Å². The van der Waals surface area contributed by atoms with Crippen molar-refractivity contribution in [3.8, 4) is 0 Å². The number of carbonyl (C=O) groups excluding carboxylic acids is 4. The minimum Gasteiger partial charge on any atom is -0.458 e. The van der Waals surface area contributed by atoms with E-state index in [1.807, 2.05) is 27.7 Å². The first-order valence-corrected chi connectivity index (χ1v) is 15.4. The molecule has 2 N–H and O–H groups in total. The highest BCUT2D eigenvalue weighted by Gasteiger charge is 2.85. The average molecular weight is 591 g/mol. The van der Waals surface area contributed by atoms with Crippen molar-refractivity contribution in [1.82, 2.24) is 0 Å². The maximum atomic E-state index is 14.3. The monoisotopic (exact) mass is 590 g/mol. The van der Waals surface area contributed by atoms with Crippen LogP contribution in [0.1, 0.15) is 80.1 Å². The van der Waals surface area contributed by atoms with E-state index in [-0.39, 0.29) is 42.5 Å². The van der Waals surface area contributed by atoms with E-state index in [0.29, 0.717) is 25.7 Å². The summed E-state index contributed by atoms with van der Waals surface area (Å²) in [6.07, 6.45) is -1.37. The molecule has 11 heteroatoms. The summed E-state index contributed by atoms with van der Waals surface area (Å²) in [4.78, 5) is 51.3. The number of aliphatic hydroxyl groups excluding tert-OH is 1. The van der Waals surface area contributed by atoms with Crippen LogP contribution in [0.2, 0.25) is 0 Å². The number of cyclic esters (lactones) is 1. The Hall–Kier alpha value is -2.08. The molecular weight excluding hydrogens is 548 g/mol. The summed E-state index contributed by atoms with van der Waals surface area (Å²) in [5.74, 6) is -6.62. The van der Waals surface area contributed by atoms with Crippen molar-refractivity contribution in [2.24, 2.45) is 40.9 Å². The molecule has 2 saturated carbocycles. The molecule has 0 aromatic carbocycles. The van der Waals surface area contributed by atoms with Gasteiger partial charge in [0.15, 0.2) is 11.4 Å². The molecule has 5 aliphatic heterocycles. The lowest BCUT2D eigenvalue weighted by atomic mass is 9.67. The maximum Gasteiger partial charge on any atom is 0.309 e. The number of Topliss-reactive ketones (excluding diaryl/α,β-unsaturated/α-hetero) is 1. The molecule has 0 amide bonds. The molecule has 0 radical (unpaired) electrons. The Morgan fingerprint density at radius 1 is 1.12 bits per heavy atom. The second-order valence-corrected chi connectivity index (χ2v) is 15.0. The van der Waals surface area contributed by atoms with Crippen molar-refractivity contribution in [2.75, 3.05) is 0 Å². The van der Waals surface area contributed by atoms with E-state index in [1.165, 1.54) is 6.92 Å². The molecule has 14 atom stereocenters. The van der Waals surface area contributed by atoms with Gasteiger partial charge in [-0.25, -0.2) is 0 Å². The number of hydrogen-bond acceptors (Lipinski definition) is 11. The van der Waals surface area contributed by atoms with Crippen LogP contribution in [-0.4, -0.2) is 80.9 Å². The molecule has 2 bridgehead atoms. The van der Waals surface area contributed by atoms with Crippen molar-refractivity contribution in [3.63, 3.8) is 0 Å². The molecule has 232 valence electrons. The van der Waals surface area contributed by atoms with Crippen LogP contribution < -0.4 is 0 Å². The van der Waals surface area contributed by atoms with Crippen LogP contribution in [0.5, 0.6) is 0 Å². The Morgan fingerprint density at radius 3 is 2.48 bits per heavy atom. The fraction of sp³-hybridized carbons (Fsp3) is 0.871. The first-order chi connectivity index (χ1) is 19.5. The van der Waals surface area contributed by atoms with Gasteiger partial charge in [-0.15, -0.1) is 0 Å².